The molecule has 0 radical (unpaired) electrons. The molecule has 1 aromatic heterocycles. The van der Waals surface area contributed by atoms with E-state index in [-0.39, 0.29) is 23.0 Å². The van der Waals surface area contributed by atoms with Crippen LogP contribution < -0.4 is 4.74 Å². The van der Waals surface area contributed by atoms with E-state index in [1.54, 1.807) is 0 Å². The minimum absolute atomic E-state index is 0.119. The zero-order valence-electron chi connectivity index (χ0n) is 15.7. The summed E-state index contributed by atoms with van der Waals surface area (Å²) in [7, 11) is 0. The minimum atomic E-state index is -4.75. The topological polar surface area (TPSA) is 51.3 Å². The second kappa shape index (κ2) is 7.09. The van der Waals surface area contributed by atoms with Gasteiger partial charge in [-0.05, 0) is 61.3 Å². The number of carbonyl (C=O) groups excluding carboxylic acids is 1. The quantitative estimate of drug-likeness (QED) is 0.679. The molecule has 1 heterocycles. The third-order valence-electron chi connectivity index (χ3n) is 5.22. The number of H-pyrrole nitrogens is 1. The van der Waals surface area contributed by atoms with Crippen molar-refractivity contribution in [1.82, 2.24) is 4.98 Å². The van der Waals surface area contributed by atoms with Crippen LogP contribution >= 0.6 is 0 Å². The highest BCUT2D eigenvalue weighted by atomic mass is 19.4. The lowest BCUT2D eigenvalue weighted by molar-refractivity contribution is -0.274. The molecule has 7 heteroatoms. The summed E-state index contributed by atoms with van der Waals surface area (Å²) in [6.45, 7) is 6.68. The van der Waals surface area contributed by atoms with Crippen molar-refractivity contribution in [1.29, 1.82) is 0 Å². The molecule has 1 aromatic carbocycles. The van der Waals surface area contributed by atoms with E-state index >= 15 is 0 Å². The molecule has 148 valence electrons. The van der Waals surface area contributed by atoms with Gasteiger partial charge in [0.25, 0.3) is 0 Å². The Kier molecular flexibility index (Phi) is 5.14. The number of rotatable bonds is 3. The number of esters is 1. The predicted octanol–water partition coefficient (Wildman–Crippen LogP) is 5.83. The van der Waals surface area contributed by atoms with Crippen molar-refractivity contribution < 1.29 is 27.4 Å². The van der Waals surface area contributed by atoms with Crippen LogP contribution in [0.15, 0.2) is 24.3 Å². The van der Waals surface area contributed by atoms with Crippen molar-refractivity contribution in [3.63, 3.8) is 0 Å². The second-order valence-electron chi connectivity index (χ2n) is 8.22. The van der Waals surface area contributed by atoms with Crippen LogP contribution in [0.3, 0.4) is 0 Å². The van der Waals surface area contributed by atoms with E-state index < -0.39 is 12.3 Å². The van der Waals surface area contributed by atoms with Crippen LogP contribution in [-0.4, -0.2) is 23.4 Å². The fourth-order valence-electron chi connectivity index (χ4n) is 3.68. The molecule has 1 aliphatic carbocycles. The number of fused-ring (bicyclic) bond motifs is 1. The third kappa shape index (κ3) is 4.96. The molecule has 2 aromatic rings. The first-order valence-electron chi connectivity index (χ1n) is 9.11. The Balaban J connectivity index is 1.64. The average Bonchev–Trinajstić information content (AvgIpc) is 2.96. The van der Waals surface area contributed by atoms with Crippen LogP contribution in [0, 0.1) is 11.3 Å². The summed E-state index contributed by atoms with van der Waals surface area (Å²) in [5, 5.41) is 0.458. The third-order valence-corrected chi connectivity index (χ3v) is 5.22. The molecule has 4 nitrogen and oxygen atoms in total. The monoisotopic (exact) mass is 383 g/mol. The molecule has 0 amide bonds. The number of aromatic nitrogens is 1. The Morgan fingerprint density at radius 3 is 2.33 bits per heavy atom. The van der Waals surface area contributed by atoms with Gasteiger partial charge >= 0.3 is 12.3 Å². The van der Waals surface area contributed by atoms with Gasteiger partial charge in [0, 0.05) is 10.9 Å². The fourth-order valence-corrected chi connectivity index (χ4v) is 3.68. The lowest BCUT2D eigenvalue weighted by atomic mass is 9.72. The predicted molar refractivity (Wildman–Crippen MR) is 95.6 cm³/mol. The maximum Gasteiger partial charge on any atom is 0.573 e. The Bertz CT molecular complexity index is 812. The van der Waals surface area contributed by atoms with Crippen LogP contribution in [0.2, 0.25) is 0 Å². The Morgan fingerprint density at radius 2 is 1.74 bits per heavy atom. The second-order valence-corrected chi connectivity index (χ2v) is 8.22. The first-order chi connectivity index (χ1) is 12.5. The zero-order chi connectivity index (χ0) is 19.8. The number of carbonyl (C=O) groups is 1. The van der Waals surface area contributed by atoms with Gasteiger partial charge in [-0.2, -0.15) is 0 Å². The Labute approximate surface area is 156 Å². The van der Waals surface area contributed by atoms with Crippen molar-refractivity contribution in [2.24, 2.45) is 11.3 Å². The maximum atomic E-state index is 12.4. The summed E-state index contributed by atoms with van der Waals surface area (Å²) >= 11 is 0. The van der Waals surface area contributed by atoms with E-state index in [1.165, 1.54) is 24.3 Å². The number of hydrogen-bond acceptors (Lipinski definition) is 3. The van der Waals surface area contributed by atoms with Crippen molar-refractivity contribution in [3.05, 3.63) is 30.0 Å². The average molecular weight is 383 g/mol. The number of benzene rings is 1. The molecule has 1 aliphatic rings. The molecule has 1 fully saturated rings. The molecule has 0 saturated heterocycles. The molecule has 1 saturated carbocycles. The van der Waals surface area contributed by atoms with Gasteiger partial charge in [-0.3, -0.25) is 0 Å². The van der Waals surface area contributed by atoms with Gasteiger partial charge in [0.1, 0.15) is 17.5 Å². The van der Waals surface area contributed by atoms with Crippen molar-refractivity contribution >= 4 is 16.9 Å². The van der Waals surface area contributed by atoms with Gasteiger partial charge in [-0.25, -0.2) is 4.79 Å². The first-order valence-corrected chi connectivity index (χ1v) is 9.11. The molecule has 0 spiro atoms. The summed E-state index contributed by atoms with van der Waals surface area (Å²) in [6, 6.07) is 5.38. The van der Waals surface area contributed by atoms with Crippen LogP contribution in [-0.2, 0) is 4.74 Å². The van der Waals surface area contributed by atoms with Crippen molar-refractivity contribution in [2.75, 3.05) is 0 Å². The van der Waals surface area contributed by atoms with E-state index in [1.807, 2.05) is 0 Å². The summed E-state index contributed by atoms with van der Waals surface area (Å²) in [4.78, 5) is 15.3. The molecule has 0 aliphatic heterocycles. The molecule has 3 rings (SSSR count). The fraction of sp³-hybridized carbons (Fsp3) is 0.550. The lowest BCUT2D eigenvalue weighted by Gasteiger charge is -2.36. The van der Waals surface area contributed by atoms with Gasteiger partial charge in [0.2, 0.25) is 0 Å². The number of hydrogen-bond donors (Lipinski definition) is 1. The Morgan fingerprint density at radius 1 is 1.07 bits per heavy atom. The van der Waals surface area contributed by atoms with Gasteiger partial charge in [0.05, 0.1) is 0 Å². The lowest BCUT2D eigenvalue weighted by Crippen LogP contribution is -2.30. The standard InChI is InChI=1S/C20H24F3NO3/c1-19(2,3)13-4-6-14(7-5-13)26-18(25)17-11-12-10-15(27-20(21,22)23)8-9-16(12)24-17/h8-11,13-14,24H,4-7H2,1-3H3. The van der Waals surface area contributed by atoms with E-state index in [0.29, 0.717) is 16.8 Å². The highest BCUT2D eigenvalue weighted by molar-refractivity contribution is 5.95. The van der Waals surface area contributed by atoms with Crippen LogP contribution in [0.5, 0.6) is 5.75 Å². The normalized spacial score (nSPS) is 21.3. The largest absolute Gasteiger partial charge is 0.573 e. The van der Waals surface area contributed by atoms with E-state index in [4.69, 9.17) is 4.74 Å². The highest BCUT2D eigenvalue weighted by Crippen LogP contribution is 2.38. The molecule has 0 bridgehead atoms. The molecule has 0 atom stereocenters. The molecular weight excluding hydrogens is 359 g/mol. The number of alkyl halides is 3. The minimum Gasteiger partial charge on any atom is -0.458 e. The Hall–Kier alpha value is -2.18. The van der Waals surface area contributed by atoms with Gasteiger partial charge < -0.3 is 14.5 Å². The number of ether oxygens (including phenoxy) is 2. The van der Waals surface area contributed by atoms with Gasteiger partial charge in [0.15, 0.2) is 0 Å². The zero-order valence-corrected chi connectivity index (χ0v) is 15.7. The number of nitrogens with one attached hydrogen (secondary N) is 1. The summed E-state index contributed by atoms with van der Waals surface area (Å²) in [5.41, 5.74) is 1.03. The van der Waals surface area contributed by atoms with Crippen LogP contribution in [0.25, 0.3) is 10.9 Å². The van der Waals surface area contributed by atoms with E-state index in [2.05, 4.69) is 30.5 Å². The molecular formula is C20H24F3NO3. The van der Waals surface area contributed by atoms with Crippen molar-refractivity contribution in [2.45, 2.75) is 58.9 Å². The summed E-state index contributed by atoms with van der Waals surface area (Å²) < 4.78 is 46.5. The summed E-state index contributed by atoms with van der Waals surface area (Å²) in [6.07, 6.45) is -1.17. The van der Waals surface area contributed by atoms with Crippen LogP contribution in [0.4, 0.5) is 13.2 Å². The van der Waals surface area contributed by atoms with E-state index in [0.717, 1.165) is 25.7 Å². The number of aromatic amines is 1. The SMILES string of the molecule is CC(C)(C)C1CCC(OC(=O)c2cc3cc(OC(F)(F)F)ccc3[nH]2)CC1. The van der Waals surface area contributed by atoms with E-state index in [9.17, 15) is 18.0 Å². The van der Waals surface area contributed by atoms with Crippen molar-refractivity contribution in [3.8, 4) is 5.75 Å². The van der Waals surface area contributed by atoms with Crippen LogP contribution in [0.1, 0.15) is 56.9 Å². The van der Waals surface area contributed by atoms with Gasteiger partial charge in [-0.1, -0.05) is 20.8 Å². The molecule has 1 N–H and O–H groups in total. The molecule has 0 unspecified atom stereocenters. The molecule has 27 heavy (non-hydrogen) atoms. The first kappa shape index (κ1) is 19.6. The van der Waals surface area contributed by atoms with Gasteiger partial charge in [-0.15, -0.1) is 13.2 Å². The number of halogens is 3. The summed E-state index contributed by atoms with van der Waals surface area (Å²) in [5.74, 6) is -0.189. The highest BCUT2D eigenvalue weighted by Gasteiger charge is 2.32. The maximum absolute atomic E-state index is 12.4. The smallest absolute Gasteiger partial charge is 0.458 e.